The molecule has 134 valence electrons. The van der Waals surface area contributed by atoms with Crippen LogP contribution in [-0.4, -0.2) is 25.7 Å². The largest absolute Gasteiger partial charge is 0.491 e. The monoisotopic (exact) mass is 341 g/mol. The molecule has 25 heavy (non-hydrogen) atoms. The Morgan fingerprint density at radius 1 is 1.08 bits per heavy atom. The van der Waals surface area contributed by atoms with Crippen LogP contribution in [0.3, 0.4) is 0 Å². The van der Waals surface area contributed by atoms with Crippen LogP contribution in [0.4, 0.5) is 0 Å². The fourth-order valence-electron chi connectivity index (χ4n) is 2.79. The van der Waals surface area contributed by atoms with Gasteiger partial charge in [0.2, 0.25) is 0 Å². The Hall–Kier alpha value is -2.33. The van der Waals surface area contributed by atoms with Gasteiger partial charge < -0.3 is 14.8 Å². The molecule has 0 aliphatic heterocycles. The molecule has 1 amide bonds. The minimum absolute atomic E-state index is 0.109. The second kappa shape index (κ2) is 8.67. The SMILES string of the molecule is CCC(CNC(=O)c1ccc(OC(C)C)cc1)(OC)c1ccccc1. The summed E-state index contributed by atoms with van der Waals surface area (Å²) < 4.78 is 11.4. The van der Waals surface area contributed by atoms with Crippen LogP contribution in [0.5, 0.6) is 5.75 Å². The van der Waals surface area contributed by atoms with E-state index in [4.69, 9.17) is 9.47 Å². The molecule has 0 saturated carbocycles. The van der Waals surface area contributed by atoms with E-state index < -0.39 is 5.60 Å². The molecule has 0 saturated heterocycles. The van der Waals surface area contributed by atoms with Crippen molar-refractivity contribution >= 4 is 5.91 Å². The number of amides is 1. The number of ether oxygens (including phenoxy) is 2. The highest BCUT2D eigenvalue weighted by atomic mass is 16.5. The summed E-state index contributed by atoms with van der Waals surface area (Å²) in [7, 11) is 1.68. The highest BCUT2D eigenvalue weighted by molar-refractivity contribution is 5.94. The normalized spacial score (nSPS) is 13.3. The molecule has 0 radical (unpaired) electrons. The van der Waals surface area contributed by atoms with Crippen LogP contribution < -0.4 is 10.1 Å². The van der Waals surface area contributed by atoms with Crippen molar-refractivity contribution in [3.63, 3.8) is 0 Å². The fraction of sp³-hybridized carbons (Fsp3) is 0.381. The third-order valence-corrected chi connectivity index (χ3v) is 4.28. The molecule has 0 bridgehead atoms. The summed E-state index contributed by atoms with van der Waals surface area (Å²) >= 11 is 0. The van der Waals surface area contributed by atoms with Gasteiger partial charge in [-0.25, -0.2) is 0 Å². The molecule has 2 aromatic carbocycles. The molecule has 0 fully saturated rings. The molecule has 4 heteroatoms. The van der Waals surface area contributed by atoms with Crippen molar-refractivity contribution in [1.82, 2.24) is 5.32 Å². The summed E-state index contributed by atoms with van der Waals surface area (Å²) in [5.74, 6) is 0.637. The summed E-state index contributed by atoms with van der Waals surface area (Å²) in [4.78, 5) is 12.5. The van der Waals surface area contributed by atoms with E-state index in [0.717, 1.165) is 17.7 Å². The standard InChI is InChI=1S/C21H27NO3/c1-5-21(24-4,18-9-7-6-8-10-18)15-22-20(23)17-11-13-19(14-12-17)25-16(2)3/h6-14,16H,5,15H2,1-4H3,(H,22,23). The summed E-state index contributed by atoms with van der Waals surface area (Å²) in [5, 5.41) is 3.00. The zero-order chi connectivity index (χ0) is 18.3. The molecule has 4 nitrogen and oxygen atoms in total. The summed E-state index contributed by atoms with van der Waals surface area (Å²) in [5.41, 5.74) is 1.13. The van der Waals surface area contributed by atoms with Crippen molar-refractivity contribution in [3.05, 3.63) is 65.7 Å². The smallest absolute Gasteiger partial charge is 0.251 e. The summed E-state index contributed by atoms with van der Waals surface area (Å²) in [6.07, 6.45) is 0.868. The summed E-state index contributed by atoms with van der Waals surface area (Å²) in [6, 6.07) is 17.2. The maximum absolute atomic E-state index is 12.5. The van der Waals surface area contributed by atoms with Crippen LogP contribution >= 0.6 is 0 Å². The molecule has 0 aliphatic rings. The Morgan fingerprint density at radius 3 is 2.24 bits per heavy atom. The topological polar surface area (TPSA) is 47.6 Å². The first kappa shape index (κ1) is 19.0. The second-order valence-electron chi connectivity index (χ2n) is 6.29. The first-order valence-electron chi connectivity index (χ1n) is 8.66. The molecule has 0 aliphatic carbocycles. The van der Waals surface area contributed by atoms with Gasteiger partial charge in [0, 0.05) is 12.7 Å². The lowest BCUT2D eigenvalue weighted by Crippen LogP contribution is -2.41. The van der Waals surface area contributed by atoms with Crippen molar-refractivity contribution in [2.75, 3.05) is 13.7 Å². The van der Waals surface area contributed by atoms with Gasteiger partial charge in [-0.2, -0.15) is 0 Å². The third kappa shape index (κ3) is 4.83. The fourth-order valence-corrected chi connectivity index (χ4v) is 2.79. The van der Waals surface area contributed by atoms with Crippen molar-refractivity contribution in [2.45, 2.75) is 38.9 Å². The number of nitrogens with one attached hydrogen (secondary N) is 1. The van der Waals surface area contributed by atoms with Crippen LogP contribution in [0.15, 0.2) is 54.6 Å². The molecule has 0 heterocycles. The Balaban J connectivity index is 2.06. The van der Waals surface area contributed by atoms with Crippen molar-refractivity contribution in [2.24, 2.45) is 0 Å². The maximum atomic E-state index is 12.5. The Labute approximate surface area is 150 Å². The van der Waals surface area contributed by atoms with Gasteiger partial charge in [0.15, 0.2) is 0 Å². The van der Waals surface area contributed by atoms with E-state index in [1.54, 1.807) is 19.2 Å². The lowest BCUT2D eigenvalue weighted by molar-refractivity contribution is -0.0164. The minimum Gasteiger partial charge on any atom is -0.491 e. The molecule has 0 spiro atoms. The average molecular weight is 341 g/mol. The number of carbonyl (C=O) groups excluding carboxylic acids is 1. The first-order valence-corrected chi connectivity index (χ1v) is 8.66. The lowest BCUT2D eigenvalue weighted by Gasteiger charge is -2.32. The van der Waals surface area contributed by atoms with Crippen LogP contribution in [0.2, 0.25) is 0 Å². The van der Waals surface area contributed by atoms with Gasteiger partial charge in [-0.15, -0.1) is 0 Å². The number of methoxy groups -OCH3 is 1. The van der Waals surface area contributed by atoms with Crippen LogP contribution in [0, 0.1) is 0 Å². The van der Waals surface area contributed by atoms with E-state index in [9.17, 15) is 4.79 Å². The molecular weight excluding hydrogens is 314 g/mol. The molecule has 1 unspecified atom stereocenters. The van der Waals surface area contributed by atoms with Gasteiger partial charge in [0.1, 0.15) is 11.4 Å². The number of rotatable bonds is 8. The maximum Gasteiger partial charge on any atom is 0.251 e. The molecule has 2 rings (SSSR count). The van der Waals surface area contributed by atoms with Crippen molar-refractivity contribution < 1.29 is 14.3 Å². The molecular formula is C21H27NO3. The van der Waals surface area contributed by atoms with Gasteiger partial charge >= 0.3 is 0 Å². The van der Waals surface area contributed by atoms with Gasteiger partial charge in [-0.05, 0) is 50.1 Å². The zero-order valence-electron chi connectivity index (χ0n) is 15.4. The number of hydrogen-bond acceptors (Lipinski definition) is 3. The quantitative estimate of drug-likeness (QED) is 0.784. The van der Waals surface area contributed by atoms with Gasteiger partial charge in [0.25, 0.3) is 5.91 Å². The van der Waals surface area contributed by atoms with Crippen LogP contribution in [0.1, 0.15) is 43.1 Å². The molecule has 2 aromatic rings. The van der Waals surface area contributed by atoms with E-state index in [1.807, 2.05) is 56.3 Å². The predicted octanol–water partition coefficient (Wildman–Crippen LogP) is 4.16. The average Bonchev–Trinajstić information content (AvgIpc) is 2.64. The number of benzene rings is 2. The Bertz CT molecular complexity index is 661. The van der Waals surface area contributed by atoms with Gasteiger partial charge in [-0.1, -0.05) is 37.3 Å². The zero-order valence-corrected chi connectivity index (χ0v) is 15.4. The lowest BCUT2D eigenvalue weighted by atomic mass is 9.90. The Morgan fingerprint density at radius 2 is 1.72 bits per heavy atom. The van der Waals surface area contributed by atoms with Crippen molar-refractivity contribution in [1.29, 1.82) is 0 Å². The van der Waals surface area contributed by atoms with Crippen LogP contribution in [-0.2, 0) is 10.3 Å². The van der Waals surface area contributed by atoms with Gasteiger partial charge in [0.05, 0.1) is 12.6 Å². The predicted molar refractivity (Wildman–Crippen MR) is 100.0 cm³/mol. The van der Waals surface area contributed by atoms with Gasteiger partial charge in [-0.3, -0.25) is 4.79 Å². The molecule has 1 N–H and O–H groups in total. The van der Waals surface area contributed by atoms with Crippen molar-refractivity contribution in [3.8, 4) is 5.75 Å². The molecule has 1 atom stereocenters. The minimum atomic E-state index is -0.530. The van der Waals surface area contributed by atoms with E-state index >= 15 is 0 Å². The number of carbonyl (C=O) groups is 1. The Kier molecular flexibility index (Phi) is 6.59. The molecule has 0 aromatic heterocycles. The third-order valence-electron chi connectivity index (χ3n) is 4.28. The highest BCUT2D eigenvalue weighted by Crippen LogP contribution is 2.28. The highest BCUT2D eigenvalue weighted by Gasteiger charge is 2.30. The first-order chi connectivity index (χ1) is 12.0. The van der Waals surface area contributed by atoms with E-state index in [1.165, 1.54) is 0 Å². The van der Waals surface area contributed by atoms with E-state index in [0.29, 0.717) is 12.1 Å². The summed E-state index contributed by atoms with van der Waals surface area (Å²) in [6.45, 7) is 6.41. The second-order valence-corrected chi connectivity index (χ2v) is 6.29. The van der Waals surface area contributed by atoms with Crippen LogP contribution in [0.25, 0.3) is 0 Å². The number of hydrogen-bond donors (Lipinski definition) is 1. The van der Waals surface area contributed by atoms with E-state index in [2.05, 4.69) is 12.2 Å². The van der Waals surface area contributed by atoms with E-state index in [-0.39, 0.29) is 12.0 Å².